The Balaban J connectivity index is 1.43. The van der Waals surface area contributed by atoms with Gasteiger partial charge in [0.25, 0.3) is 0 Å². The molecule has 6 aromatic carbocycles. The molecule has 0 amide bonds. The van der Waals surface area contributed by atoms with Gasteiger partial charge in [-0.05, 0) is 85.2 Å². The molecule has 0 fully saturated rings. The fraction of sp³-hybridized carbons (Fsp3) is 0.160. The third kappa shape index (κ3) is 5.88. The maximum absolute atomic E-state index is 5.78. The van der Waals surface area contributed by atoms with Crippen molar-refractivity contribution in [1.29, 1.82) is 0 Å². The molecule has 0 radical (unpaired) electrons. The number of aromatic nitrogens is 4. The van der Waals surface area contributed by atoms with Crippen molar-refractivity contribution in [3.05, 3.63) is 186 Å². The highest BCUT2D eigenvalue weighted by atomic mass is 15.3. The van der Waals surface area contributed by atoms with Gasteiger partial charge in [-0.1, -0.05) is 148 Å². The van der Waals surface area contributed by atoms with Gasteiger partial charge in [-0.2, -0.15) is 0 Å². The van der Waals surface area contributed by atoms with Gasteiger partial charge in [0, 0.05) is 27.4 Å². The maximum atomic E-state index is 5.78. The summed E-state index contributed by atoms with van der Waals surface area (Å²) in [5, 5.41) is 2.43. The Labute approximate surface area is 330 Å². The van der Waals surface area contributed by atoms with Crippen LogP contribution in [0.4, 0.5) is 11.5 Å². The number of rotatable bonds is 7. The second kappa shape index (κ2) is 13.7. The molecule has 0 aliphatic carbocycles. The number of para-hydroxylation sites is 6. The Morgan fingerprint density at radius 1 is 0.589 bits per heavy atom. The molecule has 0 saturated carbocycles. The number of aryl methyl sites for hydroxylation is 4. The first kappa shape index (κ1) is 35.3. The van der Waals surface area contributed by atoms with Gasteiger partial charge in [0.15, 0.2) is 0 Å². The van der Waals surface area contributed by atoms with Crippen LogP contribution < -0.4 is 14.8 Å². The number of anilines is 2. The van der Waals surface area contributed by atoms with Crippen LogP contribution in [0.25, 0.3) is 44.3 Å². The predicted molar refractivity (Wildman–Crippen MR) is 234 cm³/mol. The van der Waals surface area contributed by atoms with E-state index in [1.165, 1.54) is 44.1 Å². The van der Waals surface area contributed by atoms with Crippen molar-refractivity contribution in [2.24, 2.45) is 0 Å². The van der Waals surface area contributed by atoms with Crippen molar-refractivity contribution in [3.63, 3.8) is 0 Å². The third-order valence-corrected chi connectivity index (χ3v) is 11.3. The fourth-order valence-electron chi connectivity index (χ4n) is 8.53. The van der Waals surface area contributed by atoms with E-state index >= 15 is 0 Å². The van der Waals surface area contributed by atoms with Gasteiger partial charge >= 0.3 is 6.98 Å². The second-order valence-corrected chi connectivity index (χ2v) is 16.1. The van der Waals surface area contributed by atoms with Gasteiger partial charge in [0.1, 0.15) is 11.6 Å². The van der Waals surface area contributed by atoms with Gasteiger partial charge in [0.05, 0.1) is 22.2 Å². The number of nitrogens with zero attached hydrogens (tertiary/aromatic N) is 5. The van der Waals surface area contributed by atoms with Crippen molar-refractivity contribution in [2.75, 3.05) is 4.81 Å². The molecular formula is C50H46BN5. The molecule has 9 aromatic rings. The molecular weight excluding hydrogens is 681 g/mol. The molecule has 3 heterocycles. The average Bonchev–Trinajstić information content (AvgIpc) is 3.74. The van der Waals surface area contributed by atoms with Gasteiger partial charge in [-0.25, -0.2) is 4.98 Å². The van der Waals surface area contributed by atoms with Gasteiger partial charge in [-0.3, -0.25) is 4.57 Å². The standard InChI is InChI=1S/C50H46BN5/c1-34-19-17-20-35(2)48(34)51(54-33-53(39-23-9-8-10-24-39)44-29-15-16-30-45(44)54)56(49-36(3)21-18-22-37(49)4)47-32-38(50(5,6)7)31-46(52-47)55-42-27-13-11-25-40(42)41-26-12-14-28-43(41)55/h8-32H,1-7H3. The molecule has 0 spiro atoms. The zero-order valence-corrected chi connectivity index (χ0v) is 33.2. The molecule has 0 atom stereocenters. The summed E-state index contributed by atoms with van der Waals surface area (Å²) in [7, 11) is 0. The lowest BCUT2D eigenvalue weighted by atomic mass is 9.61. The zero-order valence-electron chi connectivity index (χ0n) is 33.2. The monoisotopic (exact) mass is 727 g/mol. The van der Waals surface area contributed by atoms with Gasteiger partial charge < -0.3 is 13.9 Å². The summed E-state index contributed by atoms with van der Waals surface area (Å²) in [6, 6.07) is 54.4. The summed E-state index contributed by atoms with van der Waals surface area (Å²) >= 11 is 0. The van der Waals surface area contributed by atoms with Crippen molar-refractivity contribution in [2.45, 2.75) is 53.9 Å². The predicted octanol–water partition coefficient (Wildman–Crippen LogP) is 10.8. The molecule has 274 valence electrons. The van der Waals surface area contributed by atoms with E-state index < -0.39 is 0 Å². The first-order valence-electron chi connectivity index (χ1n) is 19.5. The number of fused-ring (bicyclic) bond motifs is 4. The normalized spacial score (nSPS) is 11.8. The van der Waals surface area contributed by atoms with E-state index in [0.717, 1.165) is 45.1 Å². The smallest absolute Gasteiger partial charge is 0.355 e. The highest BCUT2D eigenvalue weighted by Gasteiger charge is 2.41. The van der Waals surface area contributed by atoms with Gasteiger partial charge in [-0.15, -0.1) is 0 Å². The summed E-state index contributed by atoms with van der Waals surface area (Å²) in [5.74, 6) is 1.76. The van der Waals surface area contributed by atoms with E-state index in [-0.39, 0.29) is 12.4 Å². The molecule has 5 nitrogen and oxygen atoms in total. The molecule has 9 rings (SSSR count). The molecule has 56 heavy (non-hydrogen) atoms. The lowest BCUT2D eigenvalue weighted by molar-refractivity contribution is -0.511. The quantitative estimate of drug-likeness (QED) is 0.121. The summed E-state index contributed by atoms with van der Waals surface area (Å²) in [5.41, 5.74) is 13.6. The largest absolute Gasteiger partial charge is 0.525 e. The molecule has 0 saturated heterocycles. The SMILES string of the molecule is Cc1cccc(C)c1B(N(c1cc(C(C)(C)C)cc(-n2c3ccccc3c3ccccc32)n1)c1c(C)cccc1C)[n+]1[c-]n(-c2ccccc2)c2ccccc21. The maximum Gasteiger partial charge on any atom is 0.525 e. The molecule has 6 heteroatoms. The van der Waals surface area contributed by atoms with Crippen LogP contribution in [0.1, 0.15) is 48.6 Å². The van der Waals surface area contributed by atoms with E-state index in [1.807, 2.05) is 0 Å². The zero-order chi connectivity index (χ0) is 38.7. The van der Waals surface area contributed by atoms with E-state index in [2.05, 4.69) is 225 Å². The van der Waals surface area contributed by atoms with Crippen molar-refractivity contribution >= 4 is 56.8 Å². The van der Waals surface area contributed by atoms with E-state index in [4.69, 9.17) is 4.98 Å². The van der Waals surface area contributed by atoms with Crippen LogP contribution in [-0.4, -0.2) is 21.1 Å². The summed E-state index contributed by atoms with van der Waals surface area (Å²) in [6.07, 6.45) is 3.91. The van der Waals surface area contributed by atoms with Crippen LogP contribution in [-0.2, 0) is 5.41 Å². The summed E-state index contributed by atoms with van der Waals surface area (Å²) in [6.45, 7) is 15.4. The summed E-state index contributed by atoms with van der Waals surface area (Å²) < 4.78 is 6.89. The van der Waals surface area contributed by atoms with E-state index in [1.54, 1.807) is 0 Å². The minimum absolute atomic E-state index is 0.172. The third-order valence-electron chi connectivity index (χ3n) is 11.3. The number of benzene rings is 6. The highest BCUT2D eigenvalue weighted by molar-refractivity contribution is 6.71. The number of hydrogen-bond donors (Lipinski definition) is 0. The number of hydrogen-bond acceptors (Lipinski definition) is 2. The first-order chi connectivity index (χ1) is 27.1. The van der Waals surface area contributed by atoms with Crippen LogP contribution >= 0.6 is 0 Å². The topological polar surface area (TPSA) is 29.9 Å². The molecule has 0 aliphatic rings. The number of pyridine rings is 1. The van der Waals surface area contributed by atoms with Crippen LogP contribution in [0.2, 0.25) is 0 Å². The first-order valence-corrected chi connectivity index (χ1v) is 19.5. The van der Waals surface area contributed by atoms with Crippen molar-refractivity contribution in [3.8, 4) is 11.5 Å². The van der Waals surface area contributed by atoms with Gasteiger partial charge in [0.2, 0.25) is 6.33 Å². The Bertz CT molecular complexity index is 2820. The van der Waals surface area contributed by atoms with E-state index in [0.29, 0.717) is 0 Å². The molecule has 0 N–H and O–H groups in total. The Morgan fingerprint density at radius 3 is 1.73 bits per heavy atom. The molecule has 0 aliphatic heterocycles. The average molecular weight is 728 g/mol. The van der Waals surface area contributed by atoms with Crippen LogP contribution in [0.3, 0.4) is 0 Å². The minimum atomic E-state index is -0.361. The highest BCUT2D eigenvalue weighted by Crippen LogP contribution is 2.38. The Kier molecular flexibility index (Phi) is 8.65. The lowest BCUT2D eigenvalue weighted by Gasteiger charge is -2.34. The molecule has 3 aromatic heterocycles. The lowest BCUT2D eigenvalue weighted by Crippen LogP contribution is -2.68. The Hall–Kier alpha value is -6.40. The fourth-order valence-corrected chi connectivity index (χ4v) is 8.53. The molecule has 0 unspecified atom stereocenters. The molecule has 0 bridgehead atoms. The summed E-state index contributed by atoms with van der Waals surface area (Å²) in [4.78, 5) is 8.27. The van der Waals surface area contributed by atoms with Crippen LogP contribution in [0.5, 0.6) is 0 Å². The number of imidazole rings is 1. The van der Waals surface area contributed by atoms with Crippen molar-refractivity contribution < 1.29 is 4.48 Å². The van der Waals surface area contributed by atoms with E-state index in [9.17, 15) is 0 Å². The van der Waals surface area contributed by atoms with Crippen LogP contribution in [0.15, 0.2) is 152 Å². The minimum Gasteiger partial charge on any atom is -0.355 e. The van der Waals surface area contributed by atoms with Crippen molar-refractivity contribution in [1.82, 2.24) is 14.1 Å². The Morgan fingerprint density at radius 2 is 1.12 bits per heavy atom. The van der Waals surface area contributed by atoms with Crippen LogP contribution in [0, 0.1) is 34.0 Å². The second-order valence-electron chi connectivity index (χ2n) is 16.1.